The van der Waals surface area contributed by atoms with Gasteiger partial charge in [0, 0.05) is 12.8 Å². The minimum Gasteiger partial charge on any atom is -0.300 e. The molecule has 0 aliphatic rings. The summed E-state index contributed by atoms with van der Waals surface area (Å²) >= 11 is 0. The van der Waals surface area contributed by atoms with Gasteiger partial charge < -0.3 is 0 Å². The van der Waals surface area contributed by atoms with E-state index in [1.807, 2.05) is 13.8 Å². The standard InChI is InChI=1S/C5H10O.C4H10/c1-3-5(6)4-2;1-3-4-2/h3-4H2,1-2H3;3-4H2,1-2H3. The molecule has 0 saturated carbocycles. The van der Waals surface area contributed by atoms with E-state index in [2.05, 4.69) is 13.8 Å². The fourth-order valence-electron chi connectivity index (χ4n) is 0.250. The van der Waals surface area contributed by atoms with Crippen LogP contribution in [0.5, 0.6) is 0 Å². The maximum atomic E-state index is 10.2. The lowest BCUT2D eigenvalue weighted by Gasteiger charge is -1.81. The van der Waals surface area contributed by atoms with Crippen LogP contribution in [0, 0.1) is 0 Å². The van der Waals surface area contributed by atoms with Gasteiger partial charge in [0.2, 0.25) is 0 Å². The van der Waals surface area contributed by atoms with Crippen LogP contribution in [0.3, 0.4) is 0 Å². The van der Waals surface area contributed by atoms with Crippen molar-refractivity contribution in [1.29, 1.82) is 0 Å². The van der Waals surface area contributed by atoms with Crippen LogP contribution in [0.2, 0.25) is 0 Å². The van der Waals surface area contributed by atoms with Crippen LogP contribution in [0.1, 0.15) is 53.4 Å². The van der Waals surface area contributed by atoms with Crippen LogP contribution in [-0.4, -0.2) is 5.78 Å². The van der Waals surface area contributed by atoms with Crippen molar-refractivity contribution >= 4 is 5.78 Å². The highest BCUT2D eigenvalue weighted by molar-refractivity contribution is 5.77. The summed E-state index contributed by atoms with van der Waals surface area (Å²) in [6.07, 6.45) is 4.02. The van der Waals surface area contributed by atoms with E-state index in [0.29, 0.717) is 18.6 Å². The molecule has 0 saturated heterocycles. The molecule has 62 valence electrons. The van der Waals surface area contributed by atoms with E-state index in [9.17, 15) is 4.79 Å². The molecule has 0 amide bonds. The molecule has 0 aromatic rings. The third kappa shape index (κ3) is 15.6. The van der Waals surface area contributed by atoms with Gasteiger partial charge in [0.15, 0.2) is 0 Å². The Balaban J connectivity index is 0. The number of Topliss-reactive ketones (excluding diaryl/α,β-unsaturated/α-hetero) is 1. The van der Waals surface area contributed by atoms with Crippen molar-refractivity contribution in [3.63, 3.8) is 0 Å². The first-order valence-electron chi connectivity index (χ1n) is 4.24. The minimum atomic E-state index is 0.343. The van der Waals surface area contributed by atoms with Gasteiger partial charge in [-0.1, -0.05) is 40.5 Å². The molecule has 1 heteroatoms. The molecule has 10 heavy (non-hydrogen) atoms. The molecule has 0 aromatic carbocycles. The third-order valence-corrected chi connectivity index (χ3v) is 1.29. The summed E-state index contributed by atoms with van der Waals surface area (Å²) in [7, 11) is 0. The normalized spacial score (nSPS) is 8.00. The Morgan fingerprint density at radius 3 is 1.20 bits per heavy atom. The van der Waals surface area contributed by atoms with E-state index < -0.39 is 0 Å². The molecule has 0 bridgehead atoms. The van der Waals surface area contributed by atoms with E-state index in [1.165, 1.54) is 12.8 Å². The molecule has 0 heterocycles. The zero-order valence-electron chi connectivity index (χ0n) is 7.74. The van der Waals surface area contributed by atoms with Gasteiger partial charge in [-0.25, -0.2) is 0 Å². The Kier molecular flexibility index (Phi) is 14.2. The van der Waals surface area contributed by atoms with Gasteiger partial charge in [-0.05, 0) is 0 Å². The molecule has 0 rings (SSSR count). The van der Waals surface area contributed by atoms with Crippen molar-refractivity contribution in [2.45, 2.75) is 53.4 Å². The maximum Gasteiger partial charge on any atom is 0.132 e. The molecule has 0 spiro atoms. The second kappa shape index (κ2) is 11.5. The average Bonchev–Trinajstić information content (AvgIpc) is 2.03. The first kappa shape index (κ1) is 12.4. The van der Waals surface area contributed by atoms with Gasteiger partial charge in [0.1, 0.15) is 5.78 Å². The van der Waals surface area contributed by atoms with Crippen molar-refractivity contribution in [3.8, 4) is 0 Å². The number of carbonyl (C=O) groups is 1. The van der Waals surface area contributed by atoms with Crippen molar-refractivity contribution in [2.24, 2.45) is 0 Å². The smallest absolute Gasteiger partial charge is 0.132 e. The lowest BCUT2D eigenvalue weighted by molar-refractivity contribution is -0.118. The molecule has 0 N–H and O–H groups in total. The van der Waals surface area contributed by atoms with Crippen LogP contribution in [0.4, 0.5) is 0 Å². The summed E-state index contributed by atoms with van der Waals surface area (Å²) in [5.41, 5.74) is 0. The first-order chi connectivity index (χ1) is 4.72. The Labute approximate surface area is 64.8 Å². The van der Waals surface area contributed by atoms with E-state index >= 15 is 0 Å². The van der Waals surface area contributed by atoms with Crippen molar-refractivity contribution in [3.05, 3.63) is 0 Å². The molecule has 0 radical (unpaired) electrons. The number of hydrogen-bond donors (Lipinski definition) is 0. The molecule has 0 aliphatic carbocycles. The van der Waals surface area contributed by atoms with Gasteiger partial charge in [-0.3, -0.25) is 4.79 Å². The molecule has 0 atom stereocenters. The number of hydrogen-bond acceptors (Lipinski definition) is 1. The van der Waals surface area contributed by atoms with Gasteiger partial charge >= 0.3 is 0 Å². The van der Waals surface area contributed by atoms with Gasteiger partial charge in [0.25, 0.3) is 0 Å². The SMILES string of the molecule is CCC(=O)CC.CCCC. The second-order valence-corrected chi connectivity index (χ2v) is 2.25. The summed E-state index contributed by atoms with van der Waals surface area (Å²) in [5.74, 6) is 0.343. The fourth-order valence-corrected chi connectivity index (χ4v) is 0.250. The molecule has 1 nitrogen and oxygen atoms in total. The first-order valence-corrected chi connectivity index (χ1v) is 4.24. The maximum absolute atomic E-state index is 10.2. The van der Waals surface area contributed by atoms with Crippen molar-refractivity contribution in [2.75, 3.05) is 0 Å². The lowest BCUT2D eigenvalue weighted by atomic mass is 10.3. The van der Waals surface area contributed by atoms with Crippen LogP contribution >= 0.6 is 0 Å². The van der Waals surface area contributed by atoms with Crippen molar-refractivity contribution < 1.29 is 4.79 Å². The zero-order chi connectivity index (χ0) is 8.41. The Bertz CT molecular complexity index is 59.1. The topological polar surface area (TPSA) is 17.1 Å². The van der Waals surface area contributed by atoms with Crippen LogP contribution < -0.4 is 0 Å². The van der Waals surface area contributed by atoms with Gasteiger partial charge in [0.05, 0.1) is 0 Å². The molecule has 0 aliphatic heterocycles. The van der Waals surface area contributed by atoms with Gasteiger partial charge in [-0.2, -0.15) is 0 Å². The number of ketones is 1. The highest BCUT2D eigenvalue weighted by Crippen LogP contribution is 1.83. The monoisotopic (exact) mass is 144 g/mol. The largest absolute Gasteiger partial charge is 0.300 e. The summed E-state index contributed by atoms with van der Waals surface area (Å²) in [6.45, 7) is 8.12. The summed E-state index contributed by atoms with van der Waals surface area (Å²) in [4.78, 5) is 10.2. The van der Waals surface area contributed by atoms with Crippen molar-refractivity contribution in [1.82, 2.24) is 0 Å². The van der Waals surface area contributed by atoms with E-state index in [4.69, 9.17) is 0 Å². The minimum absolute atomic E-state index is 0.343. The van der Waals surface area contributed by atoms with Crippen LogP contribution in [0.15, 0.2) is 0 Å². The predicted octanol–water partition coefficient (Wildman–Crippen LogP) is 3.18. The summed E-state index contributed by atoms with van der Waals surface area (Å²) in [5, 5.41) is 0. The quantitative estimate of drug-likeness (QED) is 0.594. The average molecular weight is 144 g/mol. The number of rotatable bonds is 3. The van der Waals surface area contributed by atoms with Gasteiger partial charge in [-0.15, -0.1) is 0 Å². The Morgan fingerprint density at radius 2 is 1.20 bits per heavy atom. The Hall–Kier alpha value is -0.330. The highest BCUT2D eigenvalue weighted by Gasteiger charge is 1.86. The Morgan fingerprint density at radius 1 is 0.900 bits per heavy atom. The lowest BCUT2D eigenvalue weighted by Crippen LogP contribution is -1.88. The van der Waals surface area contributed by atoms with E-state index in [0.717, 1.165) is 0 Å². The second-order valence-electron chi connectivity index (χ2n) is 2.25. The highest BCUT2D eigenvalue weighted by atomic mass is 16.1. The molecular formula is C9H20O. The zero-order valence-corrected chi connectivity index (χ0v) is 7.74. The molecule has 0 unspecified atom stereocenters. The van der Waals surface area contributed by atoms with E-state index in [-0.39, 0.29) is 0 Å². The third-order valence-electron chi connectivity index (χ3n) is 1.29. The van der Waals surface area contributed by atoms with E-state index in [1.54, 1.807) is 0 Å². The molecule has 0 fully saturated rings. The predicted molar refractivity (Wildman–Crippen MR) is 46.2 cm³/mol. The summed E-state index contributed by atoms with van der Waals surface area (Å²) < 4.78 is 0. The molecule has 0 aromatic heterocycles. The number of unbranched alkanes of at least 4 members (excludes halogenated alkanes) is 1. The summed E-state index contributed by atoms with van der Waals surface area (Å²) in [6, 6.07) is 0. The number of carbonyl (C=O) groups excluding carboxylic acids is 1. The van der Waals surface area contributed by atoms with Crippen LogP contribution in [0.25, 0.3) is 0 Å². The van der Waals surface area contributed by atoms with Crippen LogP contribution in [-0.2, 0) is 4.79 Å². The molecular weight excluding hydrogens is 124 g/mol. The fraction of sp³-hybridized carbons (Fsp3) is 0.889.